The van der Waals surface area contributed by atoms with E-state index in [4.69, 9.17) is 5.73 Å². The summed E-state index contributed by atoms with van der Waals surface area (Å²) in [5, 5.41) is 1.23. The fourth-order valence-corrected chi connectivity index (χ4v) is 2.38. The summed E-state index contributed by atoms with van der Waals surface area (Å²) in [5.41, 5.74) is 6.51. The first kappa shape index (κ1) is 12.9. The van der Waals surface area contributed by atoms with Crippen molar-refractivity contribution in [1.29, 1.82) is 0 Å². The summed E-state index contributed by atoms with van der Waals surface area (Å²) >= 11 is 1.30. The highest BCUT2D eigenvalue weighted by molar-refractivity contribution is 8.03. The second-order valence-electron chi connectivity index (χ2n) is 4.23. The zero-order chi connectivity index (χ0) is 13.1. The molecule has 18 heavy (non-hydrogen) atoms. The number of anilines is 1. The number of piperidine rings is 1. The largest absolute Gasteiger partial charge is 0.394 e. The number of rotatable bonds is 3. The Morgan fingerprint density at radius 2 is 2.33 bits per heavy atom. The number of thioether (sulfide) groups is 1. The summed E-state index contributed by atoms with van der Waals surface area (Å²) in [4.78, 5) is 22.1. The molecule has 0 aliphatic carbocycles. The van der Waals surface area contributed by atoms with Crippen molar-refractivity contribution in [2.75, 3.05) is 11.4 Å². The van der Waals surface area contributed by atoms with Gasteiger partial charge in [0.1, 0.15) is 5.03 Å². The summed E-state index contributed by atoms with van der Waals surface area (Å²) in [6.45, 7) is 6.25. The number of amides is 1. The van der Waals surface area contributed by atoms with Crippen molar-refractivity contribution >= 4 is 23.6 Å². The van der Waals surface area contributed by atoms with Crippen LogP contribution in [-0.2, 0) is 4.79 Å². The van der Waals surface area contributed by atoms with Gasteiger partial charge in [-0.15, -0.1) is 0 Å². The maximum Gasteiger partial charge on any atom is 0.233 e. The van der Waals surface area contributed by atoms with E-state index in [9.17, 15) is 4.79 Å². The lowest BCUT2D eigenvalue weighted by Crippen LogP contribution is -2.36. The van der Waals surface area contributed by atoms with Gasteiger partial charge in [0.15, 0.2) is 0 Å². The summed E-state index contributed by atoms with van der Waals surface area (Å²) in [5.74, 6) is 0.557. The van der Waals surface area contributed by atoms with E-state index in [-0.39, 0.29) is 5.91 Å². The Bertz CT molecular complexity index is 489. The summed E-state index contributed by atoms with van der Waals surface area (Å²) in [6.07, 6.45) is 4.23. The van der Waals surface area contributed by atoms with E-state index < -0.39 is 0 Å². The van der Waals surface area contributed by atoms with Gasteiger partial charge in [0, 0.05) is 24.7 Å². The average Bonchev–Trinajstić information content (AvgIpc) is 2.32. The van der Waals surface area contributed by atoms with Crippen LogP contribution in [0.25, 0.3) is 0 Å². The van der Waals surface area contributed by atoms with Crippen molar-refractivity contribution in [2.45, 2.75) is 31.2 Å². The van der Waals surface area contributed by atoms with Crippen molar-refractivity contribution in [2.24, 2.45) is 5.73 Å². The number of carbonyl (C=O) groups is 1. The Morgan fingerprint density at radius 3 is 3.00 bits per heavy atom. The van der Waals surface area contributed by atoms with Gasteiger partial charge in [0.2, 0.25) is 11.9 Å². The first-order valence-electron chi connectivity index (χ1n) is 5.84. The van der Waals surface area contributed by atoms with Crippen LogP contribution in [0.4, 0.5) is 5.95 Å². The van der Waals surface area contributed by atoms with Crippen molar-refractivity contribution in [3.05, 3.63) is 23.4 Å². The predicted molar refractivity (Wildman–Crippen MR) is 72.2 cm³/mol. The molecule has 2 heterocycles. The van der Waals surface area contributed by atoms with Crippen LogP contribution in [0, 0.1) is 6.92 Å². The highest BCUT2D eigenvalue weighted by Gasteiger charge is 2.22. The van der Waals surface area contributed by atoms with E-state index in [2.05, 4.69) is 16.5 Å². The number of aromatic nitrogens is 2. The van der Waals surface area contributed by atoms with E-state index in [0.29, 0.717) is 23.9 Å². The van der Waals surface area contributed by atoms with Crippen LogP contribution in [0.5, 0.6) is 0 Å². The van der Waals surface area contributed by atoms with Crippen molar-refractivity contribution in [1.82, 2.24) is 9.97 Å². The minimum Gasteiger partial charge on any atom is -0.394 e. The third kappa shape index (κ3) is 2.81. The second kappa shape index (κ2) is 5.39. The van der Waals surface area contributed by atoms with E-state index in [1.165, 1.54) is 11.8 Å². The molecule has 1 aliphatic heterocycles. The lowest BCUT2D eigenvalue weighted by Gasteiger charge is -2.25. The Balaban J connectivity index is 2.28. The molecule has 5 nitrogen and oxygen atoms in total. The number of hydrogen-bond donors (Lipinski definition) is 1. The summed E-state index contributed by atoms with van der Waals surface area (Å²) in [7, 11) is 0. The zero-order valence-corrected chi connectivity index (χ0v) is 11.2. The average molecular weight is 264 g/mol. The van der Waals surface area contributed by atoms with Crippen LogP contribution in [0.1, 0.15) is 24.8 Å². The van der Waals surface area contributed by atoms with Crippen LogP contribution in [0.2, 0.25) is 0 Å². The fraction of sp³-hybridized carbons (Fsp3) is 0.417. The topological polar surface area (TPSA) is 72.1 Å². The van der Waals surface area contributed by atoms with E-state index in [0.717, 1.165) is 23.4 Å². The smallest absolute Gasteiger partial charge is 0.233 e. The van der Waals surface area contributed by atoms with Crippen LogP contribution in [0.3, 0.4) is 0 Å². The molecule has 1 fully saturated rings. The molecule has 6 heteroatoms. The molecule has 1 saturated heterocycles. The first-order valence-corrected chi connectivity index (χ1v) is 6.66. The van der Waals surface area contributed by atoms with E-state index >= 15 is 0 Å². The van der Waals surface area contributed by atoms with Crippen molar-refractivity contribution < 1.29 is 4.79 Å². The zero-order valence-electron chi connectivity index (χ0n) is 10.3. The van der Waals surface area contributed by atoms with Crippen molar-refractivity contribution in [3.63, 3.8) is 0 Å². The van der Waals surface area contributed by atoms with E-state index in [1.807, 2.05) is 6.92 Å². The molecule has 2 rings (SSSR count). The van der Waals surface area contributed by atoms with E-state index in [1.54, 1.807) is 11.1 Å². The predicted octanol–water partition coefficient (Wildman–Crippen LogP) is 1.82. The maximum absolute atomic E-state index is 11.8. The van der Waals surface area contributed by atoms with Crippen LogP contribution >= 0.6 is 11.8 Å². The van der Waals surface area contributed by atoms with Crippen LogP contribution in [0.15, 0.2) is 22.8 Å². The van der Waals surface area contributed by atoms with Gasteiger partial charge in [0.25, 0.3) is 0 Å². The molecule has 0 aromatic carbocycles. The van der Waals surface area contributed by atoms with Gasteiger partial charge in [-0.25, -0.2) is 9.97 Å². The number of nitrogens with zero attached hydrogens (tertiary/aromatic N) is 3. The molecule has 0 unspecified atom stereocenters. The maximum atomic E-state index is 11.8. The molecule has 2 N–H and O–H groups in total. The molecule has 0 atom stereocenters. The molecule has 0 bridgehead atoms. The second-order valence-corrected chi connectivity index (χ2v) is 5.34. The highest BCUT2D eigenvalue weighted by Crippen LogP contribution is 2.26. The minimum atomic E-state index is 0.0904. The molecule has 96 valence electrons. The summed E-state index contributed by atoms with van der Waals surface area (Å²) in [6, 6.07) is 0. The fourth-order valence-electron chi connectivity index (χ4n) is 1.79. The molecule has 1 amide bonds. The standard InChI is InChI=1S/C12H16N4OS/c1-8-7-14-12(15-11(8)18-9(2)13)16-6-4-3-5-10(16)17/h7H,2-6,13H2,1H3. The monoisotopic (exact) mass is 264 g/mol. The third-order valence-corrected chi connectivity index (χ3v) is 3.57. The van der Waals surface area contributed by atoms with Gasteiger partial charge < -0.3 is 5.73 Å². The quantitative estimate of drug-likeness (QED) is 0.666. The Labute approximate surface area is 110 Å². The van der Waals surface area contributed by atoms with Crippen LogP contribution in [-0.4, -0.2) is 22.4 Å². The van der Waals surface area contributed by atoms with Gasteiger partial charge in [-0.2, -0.15) is 0 Å². The normalized spacial score (nSPS) is 15.8. The number of aryl methyl sites for hydroxylation is 1. The van der Waals surface area contributed by atoms with Gasteiger partial charge >= 0.3 is 0 Å². The molecular weight excluding hydrogens is 248 g/mol. The molecule has 0 saturated carbocycles. The summed E-state index contributed by atoms with van der Waals surface area (Å²) < 4.78 is 0. The highest BCUT2D eigenvalue weighted by atomic mass is 32.2. The number of hydrogen-bond acceptors (Lipinski definition) is 5. The molecule has 0 spiro atoms. The van der Waals surface area contributed by atoms with Gasteiger partial charge in [-0.3, -0.25) is 9.69 Å². The first-order chi connectivity index (χ1) is 8.58. The lowest BCUT2D eigenvalue weighted by atomic mass is 10.1. The lowest BCUT2D eigenvalue weighted by molar-refractivity contribution is -0.119. The Morgan fingerprint density at radius 1 is 1.56 bits per heavy atom. The van der Waals surface area contributed by atoms with Crippen LogP contribution < -0.4 is 10.6 Å². The molecule has 1 aromatic heterocycles. The molecule has 1 aromatic rings. The SMILES string of the molecule is C=C(N)Sc1nc(N2CCCCC2=O)ncc1C. The Hall–Kier alpha value is -1.56. The van der Waals surface area contributed by atoms with Crippen molar-refractivity contribution in [3.8, 4) is 0 Å². The van der Waals surface area contributed by atoms with Gasteiger partial charge in [-0.1, -0.05) is 18.3 Å². The van der Waals surface area contributed by atoms with Gasteiger partial charge in [-0.05, 0) is 19.8 Å². The van der Waals surface area contributed by atoms with Gasteiger partial charge in [0.05, 0.1) is 5.03 Å². The molecule has 1 aliphatic rings. The minimum absolute atomic E-state index is 0.0904. The number of nitrogens with two attached hydrogens (primary N) is 1. The number of carbonyl (C=O) groups excluding carboxylic acids is 1. The molecule has 0 radical (unpaired) electrons. The third-order valence-electron chi connectivity index (χ3n) is 2.71. The Kier molecular flexibility index (Phi) is 3.86. The molecular formula is C12H16N4OS.